The topological polar surface area (TPSA) is 126 Å². The van der Waals surface area contributed by atoms with Gasteiger partial charge in [-0.05, 0) is 66.3 Å². The summed E-state index contributed by atoms with van der Waals surface area (Å²) in [6, 6.07) is 19.9. The zero-order valence-electron chi connectivity index (χ0n) is 21.7. The smallest absolute Gasteiger partial charge is 0.313 e. The lowest BCUT2D eigenvalue weighted by atomic mass is 9.97. The van der Waals surface area contributed by atoms with Gasteiger partial charge in [0.05, 0.1) is 11.1 Å². The van der Waals surface area contributed by atoms with Crippen LogP contribution in [0.1, 0.15) is 34.7 Å². The predicted molar refractivity (Wildman–Crippen MR) is 151 cm³/mol. The number of hydrogen-bond donors (Lipinski definition) is 4. The van der Waals surface area contributed by atoms with Crippen LogP contribution in [0.3, 0.4) is 0 Å². The molecule has 10 heteroatoms. The van der Waals surface area contributed by atoms with E-state index in [1.165, 1.54) is 17.7 Å². The molecule has 8 nitrogen and oxygen atoms in total. The van der Waals surface area contributed by atoms with E-state index in [4.69, 9.17) is 23.1 Å². The van der Waals surface area contributed by atoms with E-state index < -0.39 is 23.7 Å². The summed E-state index contributed by atoms with van der Waals surface area (Å²) in [5, 5.41) is 5.22. The molecule has 0 aromatic heterocycles. The van der Waals surface area contributed by atoms with Crippen molar-refractivity contribution in [2.24, 2.45) is 22.4 Å². The Hall–Kier alpha value is -3.95. The van der Waals surface area contributed by atoms with E-state index in [0.717, 1.165) is 35.8 Å². The van der Waals surface area contributed by atoms with Gasteiger partial charge in [-0.15, -0.1) is 0 Å². The first kappa shape index (κ1) is 28.1. The van der Waals surface area contributed by atoms with Crippen molar-refractivity contribution in [3.8, 4) is 0 Å². The normalized spacial score (nSPS) is 16.0. The van der Waals surface area contributed by atoms with E-state index in [1.54, 1.807) is 0 Å². The summed E-state index contributed by atoms with van der Waals surface area (Å²) in [6.45, 7) is 1.98. The van der Waals surface area contributed by atoms with E-state index in [-0.39, 0.29) is 22.6 Å². The molecule has 204 valence electrons. The van der Waals surface area contributed by atoms with Crippen molar-refractivity contribution in [3.05, 3.63) is 99.8 Å². The van der Waals surface area contributed by atoms with E-state index in [2.05, 4.69) is 51.8 Å². The molecule has 3 aromatic rings. The molecular weight excluding hydrogens is 519 g/mol. The first-order chi connectivity index (χ1) is 18.7. The minimum Gasteiger partial charge on any atom is -0.370 e. The van der Waals surface area contributed by atoms with Crippen LogP contribution < -0.4 is 22.1 Å². The van der Waals surface area contributed by atoms with Gasteiger partial charge in [0.25, 0.3) is 0 Å². The standard InChI is InChI=1S/C29H32ClFN6O2/c1-37(16-18-5-3-2-4-6-18)17-19-7-9-23-21(13-19)14-20(11-12-34-29(32)33)26(23)36-28(39)27(38)35-22-8-10-24(30)25(31)15-22/h2-10,13,15,20,26H,11-12,14,16-17H2,1H3,(H,35,38)(H,36,39)(H4,32,33,34)/t20-,26+/m0/s1. The quantitative estimate of drug-likeness (QED) is 0.183. The average Bonchev–Trinajstić information content (AvgIpc) is 3.22. The molecule has 0 radical (unpaired) electrons. The molecule has 0 heterocycles. The zero-order chi connectivity index (χ0) is 27.9. The third-order valence-corrected chi connectivity index (χ3v) is 7.01. The summed E-state index contributed by atoms with van der Waals surface area (Å²) in [5.41, 5.74) is 15.6. The predicted octanol–water partition coefficient (Wildman–Crippen LogP) is 3.74. The number of anilines is 1. The van der Waals surface area contributed by atoms with Crippen LogP contribution in [0.2, 0.25) is 5.02 Å². The Morgan fingerprint density at radius 3 is 2.49 bits per heavy atom. The summed E-state index contributed by atoms with van der Waals surface area (Å²) in [5.74, 6) is -2.41. The van der Waals surface area contributed by atoms with Gasteiger partial charge in [-0.3, -0.25) is 19.5 Å². The van der Waals surface area contributed by atoms with Crippen molar-refractivity contribution in [1.29, 1.82) is 0 Å². The van der Waals surface area contributed by atoms with Crippen LogP contribution in [-0.4, -0.2) is 36.3 Å². The van der Waals surface area contributed by atoms with Crippen LogP contribution in [-0.2, 0) is 29.1 Å². The van der Waals surface area contributed by atoms with Gasteiger partial charge >= 0.3 is 11.8 Å². The molecule has 0 spiro atoms. The van der Waals surface area contributed by atoms with Gasteiger partial charge in [-0.2, -0.15) is 0 Å². The van der Waals surface area contributed by atoms with Gasteiger partial charge in [-0.25, -0.2) is 4.39 Å². The first-order valence-corrected chi connectivity index (χ1v) is 13.0. The SMILES string of the molecule is CN(Cc1ccccc1)Cc1ccc2c(c1)C[C@H](CCN=C(N)N)[C@H]2NC(=O)C(=O)Nc1ccc(Cl)c(F)c1. The molecule has 6 N–H and O–H groups in total. The van der Waals surface area contributed by atoms with Crippen molar-refractivity contribution in [2.45, 2.75) is 32.0 Å². The lowest BCUT2D eigenvalue weighted by Gasteiger charge is -2.21. The lowest BCUT2D eigenvalue weighted by molar-refractivity contribution is -0.136. The number of halogens is 2. The summed E-state index contributed by atoms with van der Waals surface area (Å²) >= 11 is 5.70. The molecule has 0 saturated heterocycles. The fraction of sp³-hybridized carbons (Fsp3) is 0.276. The van der Waals surface area contributed by atoms with Gasteiger partial charge in [-0.1, -0.05) is 60.1 Å². The highest BCUT2D eigenvalue weighted by molar-refractivity contribution is 6.39. The molecule has 2 atom stereocenters. The third-order valence-electron chi connectivity index (χ3n) is 6.71. The Labute approximate surface area is 232 Å². The number of hydrogen-bond acceptors (Lipinski definition) is 4. The fourth-order valence-corrected chi connectivity index (χ4v) is 5.06. The Morgan fingerprint density at radius 2 is 1.77 bits per heavy atom. The van der Waals surface area contributed by atoms with E-state index in [9.17, 15) is 14.0 Å². The fourth-order valence-electron chi connectivity index (χ4n) is 4.95. The van der Waals surface area contributed by atoms with Crippen LogP contribution in [0, 0.1) is 11.7 Å². The van der Waals surface area contributed by atoms with E-state index >= 15 is 0 Å². The van der Waals surface area contributed by atoms with E-state index in [1.807, 2.05) is 24.3 Å². The molecular formula is C29H32ClFN6O2. The number of nitrogens with zero attached hydrogens (tertiary/aromatic N) is 2. The number of benzene rings is 3. The van der Waals surface area contributed by atoms with Crippen LogP contribution in [0.15, 0.2) is 71.7 Å². The number of fused-ring (bicyclic) bond motifs is 1. The number of guanidine groups is 1. The summed E-state index contributed by atoms with van der Waals surface area (Å²) in [6.07, 6.45) is 1.32. The van der Waals surface area contributed by atoms with Crippen LogP contribution in [0.5, 0.6) is 0 Å². The summed E-state index contributed by atoms with van der Waals surface area (Å²) < 4.78 is 13.8. The van der Waals surface area contributed by atoms with Gasteiger partial charge < -0.3 is 22.1 Å². The number of aliphatic imine (C=N–C) groups is 1. The Kier molecular flexibility index (Phi) is 9.16. The largest absolute Gasteiger partial charge is 0.370 e. The number of nitrogens with one attached hydrogen (secondary N) is 2. The minimum atomic E-state index is -0.896. The molecule has 1 aliphatic carbocycles. The lowest BCUT2D eigenvalue weighted by Crippen LogP contribution is -2.39. The second-order valence-corrected chi connectivity index (χ2v) is 10.2. The van der Waals surface area contributed by atoms with Gasteiger partial charge in [0.15, 0.2) is 5.96 Å². The molecule has 0 aliphatic heterocycles. The van der Waals surface area contributed by atoms with Crippen LogP contribution >= 0.6 is 11.6 Å². The number of amides is 2. The maximum absolute atomic E-state index is 13.8. The van der Waals surface area contributed by atoms with Crippen molar-refractivity contribution in [1.82, 2.24) is 10.2 Å². The average molecular weight is 551 g/mol. The van der Waals surface area contributed by atoms with Crippen molar-refractivity contribution < 1.29 is 14.0 Å². The van der Waals surface area contributed by atoms with Gasteiger partial charge in [0.1, 0.15) is 5.82 Å². The van der Waals surface area contributed by atoms with Gasteiger partial charge in [0, 0.05) is 25.3 Å². The molecule has 0 saturated carbocycles. The maximum atomic E-state index is 13.8. The minimum absolute atomic E-state index is 0.00408. The highest BCUT2D eigenvalue weighted by atomic mass is 35.5. The third kappa shape index (κ3) is 7.55. The van der Waals surface area contributed by atoms with Crippen LogP contribution in [0.4, 0.5) is 10.1 Å². The highest BCUT2D eigenvalue weighted by Crippen LogP contribution is 2.38. The second kappa shape index (κ2) is 12.7. The molecule has 0 fully saturated rings. The van der Waals surface area contributed by atoms with Crippen LogP contribution in [0.25, 0.3) is 0 Å². The molecule has 2 amide bonds. The second-order valence-electron chi connectivity index (χ2n) is 9.78. The van der Waals surface area contributed by atoms with Gasteiger partial charge in [0.2, 0.25) is 0 Å². The first-order valence-electron chi connectivity index (χ1n) is 12.7. The molecule has 1 aliphatic rings. The van der Waals surface area contributed by atoms with Crippen molar-refractivity contribution in [2.75, 3.05) is 18.9 Å². The van der Waals surface area contributed by atoms with Crippen molar-refractivity contribution in [3.63, 3.8) is 0 Å². The zero-order valence-corrected chi connectivity index (χ0v) is 22.4. The highest BCUT2D eigenvalue weighted by Gasteiger charge is 2.34. The summed E-state index contributed by atoms with van der Waals surface area (Å²) in [4.78, 5) is 31.8. The Bertz CT molecular complexity index is 1360. The number of rotatable bonds is 9. The maximum Gasteiger partial charge on any atom is 0.313 e. The Morgan fingerprint density at radius 1 is 1.03 bits per heavy atom. The number of carbonyl (C=O) groups excluding carboxylic acids is 2. The molecule has 3 aromatic carbocycles. The molecule has 39 heavy (non-hydrogen) atoms. The Balaban J connectivity index is 1.47. The summed E-state index contributed by atoms with van der Waals surface area (Å²) in [7, 11) is 2.08. The van der Waals surface area contributed by atoms with E-state index in [0.29, 0.717) is 19.4 Å². The monoisotopic (exact) mass is 550 g/mol. The molecule has 0 unspecified atom stereocenters. The molecule has 0 bridgehead atoms. The van der Waals surface area contributed by atoms with Crippen molar-refractivity contribution >= 4 is 35.1 Å². The molecule has 4 rings (SSSR count). The number of nitrogens with two attached hydrogens (primary N) is 2. The number of carbonyl (C=O) groups is 2.